The third kappa shape index (κ3) is 4.26. The Hall–Kier alpha value is -3.29. The van der Waals surface area contributed by atoms with Crippen LogP contribution in [0.1, 0.15) is 34.5 Å². The van der Waals surface area contributed by atoms with Crippen molar-refractivity contribution in [2.75, 3.05) is 19.6 Å². The zero-order chi connectivity index (χ0) is 20.2. The van der Waals surface area contributed by atoms with Crippen LogP contribution in [0.5, 0.6) is 0 Å². The second kappa shape index (κ2) is 8.38. The smallest absolute Gasteiger partial charge is 0.253 e. The molecule has 0 aromatic carbocycles. The average Bonchev–Trinajstić information content (AvgIpc) is 3.39. The molecular formula is C21H24N6O2. The topological polar surface area (TPSA) is 93.0 Å². The summed E-state index contributed by atoms with van der Waals surface area (Å²) in [5, 5.41) is 8.12. The number of nitrogens with zero attached hydrogens (tertiary/aromatic N) is 5. The van der Waals surface area contributed by atoms with Crippen LogP contribution < -0.4 is 5.32 Å². The Morgan fingerprint density at radius 1 is 1.21 bits per heavy atom. The number of pyridine rings is 2. The lowest BCUT2D eigenvalue weighted by Crippen LogP contribution is -2.38. The van der Waals surface area contributed by atoms with Gasteiger partial charge in [0.1, 0.15) is 0 Å². The molecular weight excluding hydrogens is 368 g/mol. The lowest BCUT2D eigenvalue weighted by molar-refractivity contribution is -0.129. The van der Waals surface area contributed by atoms with E-state index in [-0.39, 0.29) is 18.4 Å². The van der Waals surface area contributed by atoms with Crippen molar-refractivity contribution in [2.45, 2.75) is 32.7 Å². The Morgan fingerprint density at radius 3 is 2.79 bits per heavy atom. The highest BCUT2D eigenvalue weighted by Crippen LogP contribution is 2.18. The largest absolute Gasteiger partial charge is 0.343 e. The van der Waals surface area contributed by atoms with Gasteiger partial charge in [0.2, 0.25) is 5.91 Å². The first-order chi connectivity index (χ1) is 14.1. The predicted octanol–water partition coefficient (Wildman–Crippen LogP) is 1.73. The average molecular weight is 392 g/mol. The minimum absolute atomic E-state index is 0.0141. The third-order valence-electron chi connectivity index (χ3n) is 5.23. The van der Waals surface area contributed by atoms with Crippen molar-refractivity contribution in [3.63, 3.8) is 0 Å². The van der Waals surface area contributed by atoms with E-state index in [1.807, 2.05) is 29.9 Å². The second-order valence-electron chi connectivity index (χ2n) is 7.29. The zero-order valence-electron chi connectivity index (χ0n) is 16.5. The maximum absolute atomic E-state index is 12.5. The molecule has 29 heavy (non-hydrogen) atoms. The molecule has 4 rings (SSSR count). The fourth-order valence-corrected chi connectivity index (χ4v) is 3.61. The van der Waals surface area contributed by atoms with E-state index in [4.69, 9.17) is 0 Å². The molecule has 0 aliphatic carbocycles. The Labute approximate surface area is 168 Å². The highest BCUT2D eigenvalue weighted by molar-refractivity contribution is 5.98. The molecule has 1 fully saturated rings. The molecule has 150 valence electrons. The highest BCUT2D eigenvalue weighted by atomic mass is 16.2. The van der Waals surface area contributed by atoms with Crippen LogP contribution in [0.25, 0.3) is 11.0 Å². The molecule has 4 heterocycles. The summed E-state index contributed by atoms with van der Waals surface area (Å²) < 4.78 is 1.86. The van der Waals surface area contributed by atoms with Crippen molar-refractivity contribution in [2.24, 2.45) is 0 Å². The molecule has 1 aliphatic rings. The molecule has 8 nitrogen and oxygen atoms in total. The van der Waals surface area contributed by atoms with Crippen molar-refractivity contribution in [1.29, 1.82) is 0 Å². The summed E-state index contributed by atoms with van der Waals surface area (Å²) >= 11 is 0. The van der Waals surface area contributed by atoms with Crippen LogP contribution in [-0.4, -0.2) is 56.1 Å². The van der Waals surface area contributed by atoms with Crippen molar-refractivity contribution in [1.82, 2.24) is 30.0 Å². The van der Waals surface area contributed by atoms with Gasteiger partial charge in [0, 0.05) is 43.6 Å². The molecule has 8 heteroatoms. The minimum Gasteiger partial charge on any atom is -0.343 e. The third-order valence-corrected chi connectivity index (χ3v) is 5.23. The SMILES string of the molecule is Cc1nn(CCc2cccnc2)c2ncc(C(=O)NCC(=O)N3CCCC3)cc12. The number of hydrogen-bond donors (Lipinski definition) is 1. The van der Waals surface area contributed by atoms with Gasteiger partial charge < -0.3 is 10.2 Å². The van der Waals surface area contributed by atoms with E-state index < -0.39 is 0 Å². The van der Waals surface area contributed by atoms with E-state index in [0.29, 0.717) is 12.1 Å². The van der Waals surface area contributed by atoms with E-state index >= 15 is 0 Å². The lowest BCUT2D eigenvalue weighted by atomic mass is 10.2. The first-order valence-corrected chi connectivity index (χ1v) is 9.90. The first-order valence-electron chi connectivity index (χ1n) is 9.90. The number of hydrogen-bond acceptors (Lipinski definition) is 5. The van der Waals surface area contributed by atoms with Crippen molar-refractivity contribution in [3.05, 3.63) is 53.6 Å². The molecule has 3 aromatic rings. The monoisotopic (exact) mass is 392 g/mol. The van der Waals surface area contributed by atoms with E-state index in [0.717, 1.165) is 54.6 Å². The maximum atomic E-state index is 12.5. The summed E-state index contributed by atoms with van der Waals surface area (Å²) in [6.45, 7) is 4.15. The van der Waals surface area contributed by atoms with Crippen LogP contribution in [0.3, 0.4) is 0 Å². The quantitative estimate of drug-likeness (QED) is 0.690. The van der Waals surface area contributed by atoms with Crippen LogP contribution in [0.4, 0.5) is 0 Å². The molecule has 0 atom stereocenters. The second-order valence-corrected chi connectivity index (χ2v) is 7.29. The zero-order valence-corrected chi connectivity index (χ0v) is 16.5. The Kier molecular flexibility index (Phi) is 5.50. The molecule has 2 amide bonds. The van der Waals surface area contributed by atoms with Gasteiger partial charge in [-0.05, 0) is 43.9 Å². The summed E-state index contributed by atoms with van der Waals surface area (Å²) in [7, 11) is 0. The summed E-state index contributed by atoms with van der Waals surface area (Å²) in [4.78, 5) is 35.0. The Balaban J connectivity index is 1.44. The van der Waals surface area contributed by atoms with Gasteiger partial charge in [0.15, 0.2) is 5.65 Å². The van der Waals surface area contributed by atoms with E-state index in [9.17, 15) is 9.59 Å². The molecule has 3 aromatic heterocycles. The summed E-state index contributed by atoms with van der Waals surface area (Å²) in [5.74, 6) is -0.334. The number of aromatic nitrogens is 4. The first kappa shape index (κ1) is 19.0. The molecule has 0 unspecified atom stereocenters. The maximum Gasteiger partial charge on any atom is 0.253 e. The van der Waals surface area contributed by atoms with Gasteiger partial charge in [-0.2, -0.15) is 5.10 Å². The number of aryl methyl sites for hydroxylation is 3. The van der Waals surface area contributed by atoms with Crippen molar-refractivity contribution < 1.29 is 9.59 Å². The molecule has 0 spiro atoms. The van der Waals surface area contributed by atoms with E-state index in [1.54, 1.807) is 23.4 Å². The normalized spacial score (nSPS) is 13.8. The standard InChI is InChI=1S/C21H24N6O2/c1-15-18-11-17(21(29)24-14-19(28)26-8-2-3-9-26)13-23-20(18)27(25-15)10-6-16-5-4-7-22-12-16/h4-5,7,11-13H,2-3,6,8-10,14H2,1H3,(H,24,29). The van der Waals surface area contributed by atoms with Crippen LogP contribution >= 0.6 is 0 Å². The fourth-order valence-electron chi connectivity index (χ4n) is 3.61. The Bertz CT molecular complexity index is 1020. The number of fused-ring (bicyclic) bond motifs is 1. The van der Waals surface area contributed by atoms with E-state index in [2.05, 4.69) is 20.4 Å². The van der Waals surface area contributed by atoms with Gasteiger partial charge >= 0.3 is 0 Å². The lowest BCUT2D eigenvalue weighted by Gasteiger charge is -2.15. The van der Waals surface area contributed by atoms with Crippen LogP contribution in [0, 0.1) is 6.92 Å². The molecule has 0 radical (unpaired) electrons. The van der Waals surface area contributed by atoms with Gasteiger partial charge in [0.25, 0.3) is 5.91 Å². The van der Waals surface area contributed by atoms with Crippen LogP contribution in [0.15, 0.2) is 36.8 Å². The molecule has 0 bridgehead atoms. The summed E-state index contributed by atoms with van der Waals surface area (Å²) in [6.07, 6.45) is 8.00. The van der Waals surface area contributed by atoms with Gasteiger partial charge in [-0.3, -0.25) is 14.6 Å². The highest BCUT2D eigenvalue weighted by Gasteiger charge is 2.19. The number of nitrogens with one attached hydrogen (secondary N) is 1. The van der Waals surface area contributed by atoms with Gasteiger partial charge in [0.05, 0.1) is 17.8 Å². The van der Waals surface area contributed by atoms with Gasteiger partial charge in [-0.15, -0.1) is 0 Å². The molecule has 1 N–H and O–H groups in total. The van der Waals surface area contributed by atoms with Gasteiger partial charge in [-0.25, -0.2) is 9.67 Å². The fraction of sp³-hybridized carbons (Fsp3) is 0.381. The molecule has 1 aliphatic heterocycles. The number of carbonyl (C=O) groups excluding carboxylic acids is 2. The number of likely N-dealkylation sites (tertiary alicyclic amines) is 1. The van der Waals surface area contributed by atoms with Crippen LogP contribution in [-0.2, 0) is 17.8 Å². The summed E-state index contributed by atoms with van der Waals surface area (Å²) in [5.41, 5.74) is 3.13. The predicted molar refractivity (Wildman–Crippen MR) is 108 cm³/mol. The van der Waals surface area contributed by atoms with Crippen molar-refractivity contribution >= 4 is 22.8 Å². The van der Waals surface area contributed by atoms with Gasteiger partial charge in [-0.1, -0.05) is 6.07 Å². The number of rotatable bonds is 6. The van der Waals surface area contributed by atoms with Crippen LogP contribution in [0.2, 0.25) is 0 Å². The minimum atomic E-state index is -0.297. The Morgan fingerprint density at radius 2 is 2.03 bits per heavy atom. The number of amides is 2. The summed E-state index contributed by atoms with van der Waals surface area (Å²) in [6, 6.07) is 5.74. The van der Waals surface area contributed by atoms with E-state index in [1.165, 1.54) is 0 Å². The molecule has 0 saturated carbocycles. The molecule has 1 saturated heterocycles. The van der Waals surface area contributed by atoms with Crippen molar-refractivity contribution in [3.8, 4) is 0 Å². The number of carbonyl (C=O) groups is 2.